The number of hydrogen-bond donors (Lipinski definition) is 3. The van der Waals surface area contributed by atoms with E-state index in [0.717, 1.165) is 32.1 Å². The van der Waals surface area contributed by atoms with Gasteiger partial charge in [-0.3, -0.25) is 28.5 Å². The molecule has 90 heavy (non-hydrogen) atoms. The highest BCUT2D eigenvalue weighted by atomic mass is 35.5. The minimum absolute atomic E-state index is 0.0344. The van der Waals surface area contributed by atoms with Crippen LogP contribution in [0.25, 0.3) is 17.0 Å². The Morgan fingerprint density at radius 1 is 0.633 bits per heavy atom. The SMILES string of the molecule is C=C(CC)C(=O)c1ccc(OCC(=O)CCCCn2cc(CNC(=O)OCCCN3C(=Cc4cc[n+](CCCOC(=O)NCc5cn(CCCNC(=O)COc6ccc(C(=O)C(=C)CC)c(Cl)c6Cl)nn5)c5ccccc45)Sc4ccccc43)nn2)c(Cl)c1Cl. The highest BCUT2D eigenvalue weighted by molar-refractivity contribution is 8.03. The predicted octanol–water partition coefficient (Wildman–Crippen LogP) is 12.2. The summed E-state index contributed by atoms with van der Waals surface area (Å²) in [6.07, 6.45) is 10.6. The second-order valence-corrected chi connectivity index (χ2v) is 23.2. The molecule has 1 aliphatic heterocycles. The van der Waals surface area contributed by atoms with Gasteiger partial charge >= 0.3 is 12.2 Å². The number of halogens is 4. The maximum atomic E-state index is 12.8. The topological polar surface area (TPSA) is 244 Å². The van der Waals surface area contributed by atoms with Crippen molar-refractivity contribution in [1.29, 1.82) is 0 Å². The first-order valence-corrected chi connectivity index (χ1v) is 31.6. The number of thioether (sulfide) groups is 1. The van der Waals surface area contributed by atoms with E-state index in [1.165, 1.54) is 24.3 Å². The average Bonchev–Trinajstić information content (AvgIpc) is 1.60. The zero-order chi connectivity index (χ0) is 64.1. The number of hydrogen-bond acceptors (Lipinski definition) is 16. The summed E-state index contributed by atoms with van der Waals surface area (Å²) in [5.41, 5.74) is 5.47. The maximum absolute atomic E-state index is 12.8. The number of fused-ring (bicyclic) bond motifs is 2. The molecule has 0 spiro atoms. The van der Waals surface area contributed by atoms with Crippen molar-refractivity contribution >= 4 is 116 Å². The van der Waals surface area contributed by atoms with Crippen LogP contribution in [0.15, 0.2) is 132 Å². The molecule has 8 rings (SSSR count). The highest BCUT2D eigenvalue weighted by Crippen LogP contribution is 2.47. The number of rotatable bonds is 34. The van der Waals surface area contributed by atoms with Crippen LogP contribution in [-0.4, -0.2) is 105 Å². The van der Waals surface area contributed by atoms with E-state index in [1.54, 1.807) is 33.5 Å². The standard InChI is InChI=1S/C64H67Cl4N11O10S/c1-5-41(3)61(82)48-21-23-52(59(67)57(48)65)88-39-46(80)16-11-12-28-77-37-44(72-74-77)35-71-64(85)87-33-15-30-79-51-19-9-10-20-54(51)90-56(79)34-43-25-31-76(50-18-8-7-17-47(43)50)27-14-32-86-63(84)70-36-45-38-78(75-73-45)29-13-26-69-55(81)40-89-53-24-22-49(58(66)60(53)68)62(83)42(4)6-2/h7-10,17-25,31,34,37-38H,3-6,11-16,26-30,32-33,35-36,39-40H2,1-2H3,(H2-,69,70,71,81,84,85)/p+1. The number of alkyl carbamates (subject to hydrolysis) is 2. The quantitative estimate of drug-likeness (QED) is 0.0147. The Kier molecular flexibility index (Phi) is 25.2. The Labute approximate surface area is 545 Å². The summed E-state index contributed by atoms with van der Waals surface area (Å²) in [7, 11) is 0. The zero-order valence-corrected chi connectivity index (χ0v) is 53.6. The van der Waals surface area contributed by atoms with E-state index >= 15 is 0 Å². The Hall–Kier alpha value is -8.28. The lowest BCUT2D eigenvalue weighted by molar-refractivity contribution is -0.672. The average molecular weight is 1330 g/mol. The van der Waals surface area contributed by atoms with Gasteiger partial charge in [0.25, 0.3) is 5.91 Å². The minimum Gasteiger partial charge on any atom is -0.484 e. The van der Waals surface area contributed by atoms with Crippen LogP contribution in [-0.2, 0) is 51.8 Å². The number of nitrogens with one attached hydrogen (secondary N) is 3. The molecular weight excluding hydrogens is 1260 g/mol. The molecule has 0 saturated carbocycles. The summed E-state index contributed by atoms with van der Waals surface area (Å²) in [5, 5.41) is 27.1. The lowest BCUT2D eigenvalue weighted by atomic mass is 10.0. The summed E-state index contributed by atoms with van der Waals surface area (Å²) < 4.78 is 27.7. The Balaban J connectivity index is 0.708. The van der Waals surface area contributed by atoms with E-state index in [2.05, 4.69) is 95.6 Å². The molecule has 472 valence electrons. The van der Waals surface area contributed by atoms with Crippen LogP contribution in [0.3, 0.4) is 0 Å². The third kappa shape index (κ3) is 18.7. The van der Waals surface area contributed by atoms with E-state index in [0.29, 0.717) is 100 Å². The number of ketones is 3. The van der Waals surface area contributed by atoms with Crippen molar-refractivity contribution in [1.82, 2.24) is 45.9 Å². The normalized spacial score (nSPS) is 12.2. The molecule has 3 aromatic heterocycles. The van der Waals surface area contributed by atoms with Gasteiger partial charge in [-0.15, -0.1) is 10.2 Å². The van der Waals surface area contributed by atoms with Crippen LogP contribution in [0.2, 0.25) is 20.1 Å². The number of allylic oxidation sites excluding steroid dienone is 2. The molecule has 3 amide bonds. The molecule has 0 saturated heterocycles. The fourth-order valence-corrected chi connectivity index (χ4v) is 11.3. The minimum atomic E-state index is -0.578. The van der Waals surface area contributed by atoms with Gasteiger partial charge < -0.3 is 39.8 Å². The first kappa shape index (κ1) is 67.6. The second kappa shape index (κ2) is 33.5. The third-order valence-corrected chi connectivity index (χ3v) is 17.1. The molecule has 4 aromatic carbocycles. The number of carbonyl (C=O) groups excluding carboxylic acids is 6. The Bertz CT molecular complexity index is 3820. The van der Waals surface area contributed by atoms with Crippen LogP contribution in [0.4, 0.5) is 15.3 Å². The van der Waals surface area contributed by atoms with Crippen LogP contribution in [0.1, 0.15) is 103 Å². The van der Waals surface area contributed by atoms with Gasteiger partial charge in [-0.25, -0.2) is 9.59 Å². The van der Waals surface area contributed by atoms with E-state index in [1.807, 2.05) is 44.3 Å². The number of amides is 3. The number of nitrogens with zero attached hydrogens (tertiary/aromatic N) is 8. The smallest absolute Gasteiger partial charge is 0.407 e. The number of aryl methyl sites for hydroxylation is 3. The number of unbranched alkanes of at least 4 members (excludes halogenated alkanes) is 1. The molecule has 0 unspecified atom stereocenters. The van der Waals surface area contributed by atoms with Crippen molar-refractivity contribution in [2.75, 3.05) is 44.4 Å². The van der Waals surface area contributed by atoms with E-state index in [9.17, 15) is 28.8 Å². The molecule has 0 aliphatic carbocycles. The summed E-state index contributed by atoms with van der Waals surface area (Å²) in [5.74, 6) is -0.709. The Morgan fingerprint density at radius 2 is 1.21 bits per heavy atom. The lowest BCUT2D eigenvalue weighted by Crippen LogP contribution is -2.35. The molecule has 0 atom stereocenters. The lowest BCUT2D eigenvalue weighted by Gasteiger charge is -2.20. The molecule has 26 heteroatoms. The van der Waals surface area contributed by atoms with E-state index < -0.39 is 12.2 Å². The van der Waals surface area contributed by atoms with Crippen LogP contribution >= 0.6 is 58.2 Å². The number of para-hydroxylation sites is 2. The number of benzene rings is 4. The summed E-state index contributed by atoms with van der Waals surface area (Å²) in [6, 6.07) is 24.5. The fraction of sp³-hybridized carbons (Fsp3) is 0.328. The number of carbonyl (C=O) groups is 6. The van der Waals surface area contributed by atoms with Gasteiger partial charge in [0.15, 0.2) is 36.7 Å². The van der Waals surface area contributed by atoms with Gasteiger partial charge in [-0.05, 0) is 104 Å². The molecule has 3 N–H and O–H groups in total. The number of pyridine rings is 1. The van der Waals surface area contributed by atoms with Gasteiger partial charge in [0, 0.05) is 67.2 Å². The first-order chi connectivity index (χ1) is 43.5. The summed E-state index contributed by atoms with van der Waals surface area (Å²) in [4.78, 5) is 78.9. The second-order valence-electron chi connectivity index (χ2n) is 20.6. The molecule has 0 bridgehead atoms. The number of ether oxygens (including phenoxy) is 4. The molecule has 21 nitrogen and oxygen atoms in total. The summed E-state index contributed by atoms with van der Waals surface area (Å²) in [6.45, 7) is 13.8. The van der Waals surface area contributed by atoms with Crippen molar-refractivity contribution in [3.8, 4) is 11.5 Å². The van der Waals surface area contributed by atoms with Gasteiger partial charge in [-0.2, -0.15) is 4.57 Å². The maximum Gasteiger partial charge on any atom is 0.407 e. The van der Waals surface area contributed by atoms with Crippen LogP contribution in [0.5, 0.6) is 11.5 Å². The molecule has 0 fully saturated rings. The van der Waals surface area contributed by atoms with Crippen molar-refractivity contribution in [2.24, 2.45) is 0 Å². The van der Waals surface area contributed by atoms with Crippen LogP contribution in [0, 0.1) is 0 Å². The van der Waals surface area contributed by atoms with Crippen molar-refractivity contribution < 1.29 is 52.3 Å². The van der Waals surface area contributed by atoms with Crippen LogP contribution < -0.4 is 34.9 Å². The van der Waals surface area contributed by atoms with Gasteiger partial charge in [0.2, 0.25) is 5.52 Å². The molecule has 4 heterocycles. The zero-order valence-electron chi connectivity index (χ0n) is 49.7. The fourth-order valence-electron chi connectivity index (χ4n) is 9.25. The number of aromatic nitrogens is 7. The largest absolute Gasteiger partial charge is 0.484 e. The van der Waals surface area contributed by atoms with Gasteiger partial charge in [0.1, 0.15) is 39.5 Å². The monoisotopic (exact) mass is 1320 g/mol. The first-order valence-electron chi connectivity index (χ1n) is 29.2. The number of anilines is 1. The molecule has 1 aliphatic rings. The van der Waals surface area contributed by atoms with Crippen molar-refractivity contribution in [2.45, 2.75) is 103 Å². The third-order valence-electron chi connectivity index (χ3n) is 14.2. The molecular formula is C64H68Cl4N11O10S+. The van der Waals surface area contributed by atoms with Crippen molar-refractivity contribution in [3.63, 3.8) is 0 Å². The van der Waals surface area contributed by atoms with Crippen molar-refractivity contribution in [3.05, 3.63) is 175 Å². The molecule has 7 aromatic rings. The summed E-state index contributed by atoms with van der Waals surface area (Å²) >= 11 is 27.0. The molecule has 0 radical (unpaired) electrons. The predicted molar refractivity (Wildman–Crippen MR) is 345 cm³/mol. The van der Waals surface area contributed by atoms with E-state index in [4.69, 9.17) is 65.4 Å². The Morgan fingerprint density at radius 3 is 1.84 bits per heavy atom. The van der Waals surface area contributed by atoms with E-state index in [-0.39, 0.29) is 112 Å². The van der Waals surface area contributed by atoms with Gasteiger partial charge in [-0.1, -0.05) is 120 Å². The van der Waals surface area contributed by atoms with Gasteiger partial charge in [0.05, 0.1) is 64.8 Å². The number of Topliss-reactive ketones (excluding diaryl/α,β-unsaturated/α-hetero) is 3. The highest BCUT2D eigenvalue weighted by Gasteiger charge is 2.26.